The van der Waals surface area contributed by atoms with Crippen LogP contribution in [0.1, 0.15) is 33.1 Å². The predicted octanol–water partition coefficient (Wildman–Crippen LogP) is 2.49. The molecule has 0 bridgehead atoms. The first-order valence-corrected chi connectivity index (χ1v) is 6.24. The maximum atomic E-state index is 5.60. The third-order valence-electron chi connectivity index (χ3n) is 2.10. The van der Waals surface area contributed by atoms with E-state index in [4.69, 9.17) is 11.5 Å². The fraction of sp³-hybridized carbons (Fsp3) is 0.636. The first-order chi connectivity index (χ1) is 7.15. The summed E-state index contributed by atoms with van der Waals surface area (Å²) in [6.45, 7) is 6.39. The molecule has 0 aliphatic heterocycles. The first kappa shape index (κ1) is 14.4. The lowest BCUT2D eigenvalue weighted by atomic mass is 10.2. The van der Waals surface area contributed by atoms with Gasteiger partial charge in [0.1, 0.15) is 0 Å². The second kappa shape index (κ2) is 8.65. The van der Waals surface area contributed by atoms with Crippen LogP contribution in [0.3, 0.4) is 0 Å². The summed E-state index contributed by atoms with van der Waals surface area (Å²) in [5, 5.41) is 0. The average molecular weight is 276 g/mol. The Labute approximate surface area is 101 Å². The van der Waals surface area contributed by atoms with Crippen molar-refractivity contribution in [1.29, 1.82) is 0 Å². The molecule has 0 aromatic heterocycles. The molecule has 0 spiro atoms. The van der Waals surface area contributed by atoms with Gasteiger partial charge in [-0.05, 0) is 34.8 Å². The molecule has 0 unspecified atom stereocenters. The topological polar surface area (TPSA) is 55.3 Å². The predicted molar refractivity (Wildman–Crippen MR) is 70.2 cm³/mol. The number of hydrogen-bond donors (Lipinski definition) is 2. The van der Waals surface area contributed by atoms with Gasteiger partial charge in [-0.3, -0.25) is 0 Å². The van der Waals surface area contributed by atoms with Crippen molar-refractivity contribution in [1.82, 2.24) is 4.90 Å². The zero-order valence-electron chi connectivity index (χ0n) is 9.67. The molecule has 0 rings (SSSR count). The van der Waals surface area contributed by atoms with Gasteiger partial charge >= 0.3 is 0 Å². The van der Waals surface area contributed by atoms with Crippen molar-refractivity contribution in [3.8, 4) is 0 Å². The van der Waals surface area contributed by atoms with Gasteiger partial charge < -0.3 is 16.4 Å². The van der Waals surface area contributed by atoms with E-state index in [2.05, 4.69) is 34.7 Å². The number of rotatable bonds is 7. The van der Waals surface area contributed by atoms with E-state index in [1.807, 2.05) is 6.08 Å². The summed E-state index contributed by atoms with van der Waals surface area (Å²) < 4.78 is 0.608. The SMILES string of the molecule is CCCCN(CCC)C(/C=C(\N)Br)=C/N. The number of allylic oxidation sites excluding steroid dienone is 1. The molecule has 0 radical (unpaired) electrons. The molecule has 0 atom stereocenters. The maximum absolute atomic E-state index is 5.60. The van der Waals surface area contributed by atoms with Crippen LogP contribution in [0.15, 0.2) is 22.6 Å². The van der Waals surface area contributed by atoms with Gasteiger partial charge in [0.05, 0.1) is 10.3 Å². The van der Waals surface area contributed by atoms with E-state index in [9.17, 15) is 0 Å². The molecular weight excluding hydrogens is 254 g/mol. The van der Waals surface area contributed by atoms with Crippen LogP contribution in [-0.4, -0.2) is 18.0 Å². The molecule has 4 N–H and O–H groups in total. The van der Waals surface area contributed by atoms with Gasteiger partial charge in [-0.2, -0.15) is 0 Å². The Bertz CT molecular complexity index is 220. The minimum atomic E-state index is 0.608. The van der Waals surface area contributed by atoms with Gasteiger partial charge in [0.2, 0.25) is 0 Å². The Morgan fingerprint density at radius 3 is 2.33 bits per heavy atom. The van der Waals surface area contributed by atoms with Crippen molar-refractivity contribution in [2.24, 2.45) is 11.5 Å². The van der Waals surface area contributed by atoms with Crippen LogP contribution in [0.4, 0.5) is 0 Å². The van der Waals surface area contributed by atoms with Crippen molar-refractivity contribution in [3.05, 3.63) is 22.6 Å². The molecule has 0 aromatic rings. The summed E-state index contributed by atoms with van der Waals surface area (Å²) in [5.74, 6) is 0. The van der Waals surface area contributed by atoms with E-state index in [0.29, 0.717) is 4.61 Å². The first-order valence-electron chi connectivity index (χ1n) is 5.45. The third kappa shape index (κ3) is 6.44. The number of nitrogens with zero attached hydrogens (tertiary/aromatic N) is 1. The van der Waals surface area contributed by atoms with Gasteiger partial charge in [0.15, 0.2) is 0 Å². The Hall–Kier alpha value is -0.640. The van der Waals surface area contributed by atoms with Crippen LogP contribution in [0.5, 0.6) is 0 Å². The van der Waals surface area contributed by atoms with Gasteiger partial charge in [-0.15, -0.1) is 0 Å². The lowest BCUT2D eigenvalue weighted by Crippen LogP contribution is -2.25. The highest BCUT2D eigenvalue weighted by Gasteiger charge is 2.05. The zero-order chi connectivity index (χ0) is 11.7. The highest BCUT2D eigenvalue weighted by Crippen LogP contribution is 2.11. The highest BCUT2D eigenvalue weighted by atomic mass is 79.9. The molecule has 0 aliphatic carbocycles. The minimum Gasteiger partial charge on any atom is -0.403 e. The Kier molecular flexibility index (Phi) is 8.28. The van der Waals surface area contributed by atoms with Crippen molar-refractivity contribution in [2.45, 2.75) is 33.1 Å². The van der Waals surface area contributed by atoms with Crippen LogP contribution >= 0.6 is 15.9 Å². The molecule has 0 fully saturated rings. The largest absolute Gasteiger partial charge is 0.403 e. The fourth-order valence-electron chi connectivity index (χ4n) is 1.37. The average Bonchev–Trinajstić information content (AvgIpc) is 2.20. The lowest BCUT2D eigenvalue weighted by molar-refractivity contribution is 0.346. The van der Waals surface area contributed by atoms with E-state index in [1.165, 1.54) is 12.8 Å². The minimum absolute atomic E-state index is 0.608. The smallest absolute Gasteiger partial charge is 0.0775 e. The molecule has 3 nitrogen and oxygen atoms in total. The number of halogens is 1. The summed E-state index contributed by atoms with van der Waals surface area (Å²) in [4.78, 5) is 2.26. The Morgan fingerprint density at radius 2 is 1.93 bits per heavy atom. The van der Waals surface area contributed by atoms with Crippen molar-refractivity contribution < 1.29 is 0 Å². The number of unbranched alkanes of at least 4 members (excludes halogenated alkanes) is 1. The second-order valence-electron chi connectivity index (χ2n) is 3.46. The van der Waals surface area contributed by atoms with Gasteiger partial charge in [0.25, 0.3) is 0 Å². The maximum Gasteiger partial charge on any atom is 0.0775 e. The summed E-state index contributed by atoms with van der Waals surface area (Å²) >= 11 is 3.22. The Balaban J connectivity index is 4.48. The molecule has 0 heterocycles. The molecule has 4 heteroatoms. The van der Waals surface area contributed by atoms with E-state index < -0.39 is 0 Å². The normalized spacial score (nSPS) is 13.0. The van der Waals surface area contributed by atoms with Crippen LogP contribution in [0.25, 0.3) is 0 Å². The fourth-order valence-corrected chi connectivity index (χ4v) is 1.61. The summed E-state index contributed by atoms with van der Waals surface area (Å²) in [5.41, 5.74) is 12.2. The molecular formula is C11H22BrN3. The van der Waals surface area contributed by atoms with Crippen LogP contribution in [-0.2, 0) is 0 Å². The van der Waals surface area contributed by atoms with E-state index in [-0.39, 0.29) is 0 Å². The summed E-state index contributed by atoms with van der Waals surface area (Å²) in [7, 11) is 0. The molecule has 15 heavy (non-hydrogen) atoms. The quantitative estimate of drug-likeness (QED) is 0.555. The van der Waals surface area contributed by atoms with E-state index in [0.717, 1.165) is 25.2 Å². The Morgan fingerprint density at radius 1 is 1.27 bits per heavy atom. The molecule has 0 aliphatic rings. The third-order valence-corrected chi connectivity index (χ3v) is 2.33. The van der Waals surface area contributed by atoms with Gasteiger partial charge in [0, 0.05) is 19.3 Å². The monoisotopic (exact) mass is 275 g/mol. The van der Waals surface area contributed by atoms with Crippen LogP contribution in [0.2, 0.25) is 0 Å². The van der Waals surface area contributed by atoms with Crippen molar-refractivity contribution in [2.75, 3.05) is 13.1 Å². The number of hydrogen-bond acceptors (Lipinski definition) is 3. The van der Waals surface area contributed by atoms with Gasteiger partial charge in [-0.1, -0.05) is 20.3 Å². The summed E-state index contributed by atoms with van der Waals surface area (Å²) in [6, 6.07) is 0. The molecule has 0 amide bonds. The molecule has 0 aromatic carbocycles. The zero-order valence-corrected chi connectivity index (χ0v) is 11.3. The van der Waals surface area contributed by atoms with Crippen LogP contribution < -0.4 is 11.5 Å². The summed E-state index contributed by atoms with van der Waals surface area (Å²) in [6.07, 6.45) is 6.93. The van der Waals surface area contributed by atoms with Crippen molar-refractivity contribution >= 4 is 15.9 Å². The van der Waals surface area contributed by atoms with Crippen molar-refractivity contribution in [3.63, 3.8) is 0 Å². The molecule has 0 saturated carbocycles. The number of nitrogens with two attached hydrogens (primary N) is 2. The van der Waals surface area contributed by atoms with E-state index in [1.54, 1.807) is 6.20 Å². The standard InChI is InChI=1S/C11H22BrN3/c1-3-5-7-15(6-4-2)10(9-13)8-11(12)14/h8-9H,3-7,13-14H2,1-2H3/b10-9+,11-8-. The van der Waals surface area contributed by atoms with Crippen LogP contribution in [0, 0.1) is 0 Å². The van der Waals surface area contributed by atoms with Gasteiger partial charge in [-0.25, -0.2) is 0 Å². The highest BCUT2D eigenvalue weighted by molar-refractivity contribution is 9.11. The second-order valence-corrected chi connectivity index (χ2v) is 4.38. The lowest BCUT2D eigenvalue weighted by Gasteiger charge is -2.24. The van der Waals surface area contributed by atoms with E-state index >= 15 is 0 Å². The molecule has 88 valence electrons. The molecule has 0 saturated heterocycles.